The Bertz CT molecular complexity index is 477. The van der Waals surface area contributed by atoms with Gasteiger partial charge in [0.2, 0.25) is 0 Å². The van der Waals surface area contributed by atoms with Crippen LogP contribution >= 0.6 is 0 Å². The van der Waals surface area contributed by atoms with Crippen LogP contribution in [0.4, 0.5) is 0 Å². The van der Waals surface area contributed by atoms with Gasteiger partial charge < -0.3 is 14.6 Å². The fraction of sp³-hybridized carbons (Fsp3) is 0.706. The Morgan fingerprint density at radius 1 is 1.33 bits per heavy atom. The van der Waals surface area contributed by atoms with Crippen LogP contribution in [0.2, 0.25) is 0 Å². The second-order valence-corrected chi connectivity index (χ2v) is 6.38. The highest BCUT2D eigenvalue weighted by molar-refractivity contribution is 5.29. The average molecular weight is 291 g/mol. The third-order valence-electron chi connectivity index (χ3n) is 4.73. The molecule has 1 atom stereocenters. The van der Waals surface area contributed by atoms with Crippen molar-refractivity contribution in [1.29, 1.82) is 0 Å². The molecule has 4 nitrogen and oxygen atoms in total. The van der Waals surface area contributed by atoms with Gasteiger partial charge in [-0.3, -0.25) is 4.98 Å². The molecule has 1 unspecified atom stereocenters. The van der Waals surface area contributed by atoms with E-state index in [1.807, 2.05) is 19.1 Å². The lowest BCUT2D eigenvalue weighted by Gasteiger charge is -2.43. The summed E-state index contributed by atoms with van der Waals surface area (Å²) in [5.74, 6) is 0.723. The van der Waals surface area contributed by atoms with Crippen LogP contribution in [0.15, 0.2) is 12.1 Å². The third kappa shape index (κ3) is 3.38. The van der Waals surface area contributed by atoms with Crippen LogP contribution in [0, 0.1) is 6.92 Å². The maximum atomic E-state index is 9.45. The van der Waals surface area contributed by atoms with Crippen molar-refractivity contribution in [3.63, 3.8) is 0 Å². The zero-order valence-electron chi connectivity index (χ0n) is 12.8. The highest BCUT2D eigenvalue weighted by Crippen LogP contribution is 2.39. The first-order valence-corrected chi connectivity index (χ1v) is 8.09. The van der Waals surface area contributed by atoms with Crippen LogP contribution in [-0.4, -0.2) is 28.4 Å². The van der Waals surface area contributed by atoms with Crippen LogP contribution in [0.3, 0.4) is 0 Å². The Labute approximate surface area is 126 Å². The fourth-order valence-electron chi connectivity index (χ4n) is 3.63. The lowest BCUT2D eigenvalue weighted by Crippen LogP contribution is -2.45. The molecule has 2 aliphatic rings. The minimum Gasteiger partial charge on any atom is -0.488 e. The minimum absolute atomic E-state index is 0.0403. The smallest absolute Gasteiger partial charge is 0.143 e. The lowest BCUT2D eigenvalue weighted by molar-refractivity contribution is -0.129. The van der Waals surface area contributed by atoms with Gasteiger partial charge in [-0.15, -0.1) is 0 Å². The molecular formula is C17H25NO3. The number of ether oxygens (including phenoxy) is 2. The molecule has 1 aromatic heterocycles. The monoisotopic (exact) mass is 291 g/mol. The van der Waals surface area contributed by atoms with Gasteiger partial charge in [0.05, 0.1) is 18.8 Å². The van der Waals surface area contributed by atoms with Gasteiger partial charge >= 0.3 is 0 Å². The largest absolute Gasteiger partial charge is 0.488 e. The number of aromatic nitrogens is 1. The van der Waals surface area contributed by atoms with Crippen molar-refractivity contribution in [2.24, 2.45) is 0 Å². The Balaban J connectivity index is 1.70. The number of aryl methyl sites for hydroxylation is 1. The molecular weight excluding hydrogens is 266 g/mol. The van der Waals surface area contributed by atoms with Crippen molar-refractivity contribution in [3.8, 4) is 5.75 Å². The van der Waals surface area contributed by atoms with Gasteiger partial charge in [-0.05, 0) is 31.9 Å². The van der Waals surface area contributed by atoms with E-state index < -0.39 is 0 Å². The zero-order chi connectivity index (χ0) is 14.7. The van der Waals surface area contributed by atoms with Crippen molar-refractivity contribution in [2.75, 3.05) is 6.61 Å². The second kappa shape index (κ2) is 6.32. The van der Waals surface area contributed by atoms with Gasteiger partial charge in [0.15, 0.2) is 0 Å². The van der Waals surface area contributed by atoms with Crippen molar-refractivity contribution in [3.05, 3.63) is 23.5 Å². The van der Waals surface area contributed by atoms with E-state index in [1.54, 1.807) is 0 Å². The average Bonchev–Trinajstić information content (AvgIpc) is 2.50. The maximum Gasteiger partial charge on any atom is 0.143 e. The quantitative estimate of drug-likeness (QED) is 0.929. The van der Waals surface area contributed by atoms with Gasteiger partial charge in [-0.2, -0.15) is 0 Å². The Morgan fingerprint density at radius 2 is 2.14 bits per heavy atom. The number of aliphatic hydroxyl groups is 1. The second-order valence-electron chi connectivity index (χ2n) is 6.38. The van der Waals surface area contributed by atoms with Gasteiger partial charge in [-0.25, -0.2) is 0 Å². The van der Waals surface area contributed by atoms with Crippen molar-refractivity contribution in [1.82, 2.24) is 4.98 Å². The summed E-state index contributed by atoms with van der Waals surface area (Å²) in [7, 11) is 0. The SMILES string of the molecule is Cc1ccc(OC2CCOC3(CCCCC3)C2)c(CO)n1. The Kier molecular flexibility index (Phi) is 4.45. The minimum atomic E-state index is -0.0780. The molecule has 0 aromatic carbocycles. The first kappa shape index (κ1) is 14.8. The first-order chi connectivity index (χ1) is 10.2. The summed E-state index contributed by atoms with van der Waals surface area (Å²) in [5.41, 5.74) is 1.58. The van der Waals surface area contributed by atoms with Crippen LogP contribution in [0.1, 0.15) is 56.3 Å². The number of aliphatic hydroxyl groups excluding tert-OH is 1. The van der Waals surface area contributed by atoms with E-state index in [0.29, 0.717) is 5.69 Å². The molecule has 1 N–H and O–H groups in total. The standard InChI is InChI=1S/C17H25NO3/c1-13-5-6-16(15(12-19)18-13)21-14-7-10-20-17(11-14)8-3-2-4-9-17/h5-6,14,19H,2-4,7-12H2,1H3. The molecule has 0 radical (unpaired) electrons. The molecule has 2 fully saturated rings. The van der Waals surface area contributed by atoms with E-state index in [4.69, 9.17) is 9.47 Å². The van der Waals surface area contributed by atoms with Crippen LogP contribution < -0.4 is 4.74 Å². The van der Waals surface area contributed by atoms with Gasteiger partial charge in [0, 0.05) is 18.5 Å². The molecule has 0 amide bonds. The highest BCUT2D eigenvalue weighted by Gasteiger charge is 2.39. The van der Waals surface area contributed by atoms with Gasteiger partial charge in [-0.1, -0.05) is 19.3 Å². The topological polar surface area (TPSA) is 51.6 Å². The summed E-state index contributed by atoms with van der Waals surface area (Å²) in [6.45, 7) is 2.62. The number of nitrogens with zero attached hydrogens (tertiary/aromatic N) is 1. The normalized spacial score (nSPS) is 25.0. The summed E-state index contributed by atoms with van der Waals surface area (Å²) in [6, 6.07) is 3.86. The molecule has 0 bridgehead atoms. The number of hydrogen-bond donors (Lipinski definition) is 1. The summed E-state index contributed by atoms with van der Waals surface area (Å²) in [6.07, 6.45) is 8.23. The number of pyridine rings is 1. The van der Waals surface area contributed by atoms with E-state index in [9.17, 15) is 5.11 Å². The number of hydrogen-bond acceptors (Lipinski definition) is 4. The fourth-order valence-corrected chi connectivity index (χ4v) is 3.63. The number of rotatable bonds is 3. The van der Waals surface area contributed by atoms with Crippen molar-refractivity contribution in [2.45, 2.75) is 70.2 Å². The van der Waals surface area contributed by atoms with E-state index in [1.165, 1.54) is 19.3 Å². The molecule has 116 valence electrons. The molecule has 1 spiro atoms. The van der Waals surface area contributed by atoms with Crippen molar-refractivity contribution < 1.29 is 14.6 Å². The van der Waals surface area contributed by atoms with Crippen molar-refractivity contribution >= 4 is 0 Å². The molecule has 1 aromatic rings. The van der Waals surface area contributed by atoms with Crippen LogP contribution in [0.5, 0.6) is 5.75 Å². The highest BCUT2D eigenvalue weighted by atomic mass is 16.5. The van der Waals surface area contributed by atoms with E-state index in [-0.39, 0.29) is 18.3 Å². The molecule has 4 heteroatoms. The summed E-state index contributed by atoms with van der Waals surface area (Å²) in [4.78, 5) is 4.35. The molecule has 1 aliphatic heterocycles. The van der Waals surface area contributed by atoms with E-state index in [0.717, 1.165) is 43.7 Å². The van der Waals surface area contributed by atoms with Crippen LogP contribution in [0.25, 0.3) is 0 Å². The molecule has 1 saturated carbocycles. The predicted octanol–water partition coefficient (Wildman–Crippen LogP) is 3.14. The Hall–Kier alpha value is -1.13. The molecule has 1 saturated heterocycles. The summed E-state index contributed by atoms with van der Waals surface area (Å²) in [5, 5.41) is 9.45. The predicted molar refractivity (Wildman–Crippen MR) is 80.3 cm³/mol. The molecule has 21 heavy (non-hydrogen) atoms. The summed E-state index contributed by atoms with van der Waals surface area (Å²) < 4.78 is 12.3. The zero-order valence-corrected chi connectivity index (χ0v) is 12.8. The molecule has 2 heterocycles. The van der Waals surface area contributed by atoms with Gasteiger partial charge in [0.25, 0.3) is 0 Å². The van der Waals surface area contributed by atoms with E-state index >= 15 is 0 Å². The maximum absolute atomic E-state index is 9.45. The van der Waals surface area contributed by atoms with E-state index in [2.05, 4.69) is 4.98 Å². The summed E-state index contributed by atoms with van der Waals surface area (Å²) >= 11 is 0. The first-order valence-electron chi connectivity index (χ1n) is 8.09. The lowest BCUT2D eigenvalue weighted by atomic mass is 9.79. The third-order valence-corrected chi connectivity index (χ3v) is 4.73. The van der Waals surface area contributed by atoms with Gasteiger partial charge in [0.1, 0.15) is 17.5 Å². The Morgan fingerprint density at radius 3 is 2.90 bits per heavy atom. The molecule has 1 aliphatic carbocycles. The molecule has 3 rings (SSSR count). The van der Waals surface area contributed by atoms with Crippen LogP contribution in [-0.2, 0) is 11.3 Å².